The summed E-state index contributed by atoms with van der Waals surface area (Å²) >= 11 is 6.46. The number of aromatic amines is 1. The summed E-state index contributed by atoms with van der Waals surface area (Å²) in [5.41, 5.74) is 3.05. The predicted molar refractivity (Wildman–Crippen MR) is 160 cm³/mol. The minimum Gasteiger partial charge on any atom is -0.433 e. The molecule has 0 atom stereocenters. The minimum atomic E-state index is -3.10. The van der Waals surface area contributed by atoms with E-state index in [2.05, 4.69) is 32.2 Å². The van der Waals surface area contributed by atoms with Crippen LogP contribution in [0.4, 0.5) is 31.8 Å². The normalized spacial score (nSPS) is 11.4. The summed E-state index contributed by atoms with van der Waals surface area (Å²) in [5, 5.41) is 6.99. The van der Waals surface area contributed by atoms with Gasteiger partial charge in [-0.25, -0.2) is 9.97 Å². The van der Waals surface area contributed by atoms with Gasteiger partial charge in [-0.05, 0) is 26.2 Å². The Bertz CT molecular complexity index is 1570. The maximum absolute atomic E-state index is 13.5. The van der Waals surface area contributed by atoms with E-state index in [-0.39, 0.29) is 17.4 Å². The number of halogens is 3. The second kappa shape index (κ2) is 13.2. The molecule has 0 unspecified atom stereocenters. The molecule has 9 nitrogen and oxygen atoms in total. The first-order valence-electron chi connectivity index (χ1n) is 12.6. The quantitative estimate of drug-likeness (QED) is 0.133. The molecule has 2 aromatic carbocycles. The maximum Gasteiger partial charge on any atom is 0.387 e. The number of ether oxygens (including phenoxy) is 1. The topological polar surface area (TPSA) is 98.4 Å². The molecule has 3 N–H and O–H groups in total. The van der Waals surface area contributed by atoms with Gasteiger partial charge in [0.15, 0.2) is 5.75 Å². The van der Waals surface area contributed by atoms with E-state index in [1.165, 1.54) is 36.6 Å². The number of nitrogens with one attached hydrogen (secondary N) is 3. The molecule has 0 saturated carbocycles. The fraction of sp³-hybridized carbons (Fsp3) is 0.207. The highest BCUT2D eigenvalue weighted by molar-refractivity contribution is 6.33. The lowest BCUT2D eigenvalue weighted by Gasteiger charge is -2.26. The summed E-state index contributed by atoms with van der Waals surface area (Å²) in [5.74, 6) is -0.491. The van der Waals surface area contributed by atoms with Gasteiger partial charge >= 0.3 is 6.61 Å². The van der Waals surface area contributed by atoms with Crippen molar-refractivity contribution in [2.75, 3.05) is 49.8 Å². The fourth-order valence-electron chi connectivity index (χ4n) is 4.08. The van der Waals surface area contributed by atoms with Crippen LogP contribution in [0.15, 0.2) is 73.6 Å². The Kier molecular flexibility index (Phi) is 9.53. The van der Waals surface area contributed by atoms with Crippen LogP contribution in [0, 0.1) is 0 Å². The van der Waals surface area contributed by atoms with Gasteiger partial charge in [0.1, 0.15) is 0 Å². The Hall–Kier alpha value is -4.48. The molecular formula is C29H30ClF2N7O2. The fourth-order valence-corrected chi connectivity index (χ4v) is 4.27. The van der Waals surface area contributed by atoms with Gasteiger partial charge in [-0.1, -0.05) is 48.5 Å². The van der Waals surface area contributed by atoms with E-state index < -0.39 is 12.5 Å². The Labute approximate surface area is 241 Å². The monoisotopic (exact) mass is 581 g/mol. The highest BCUT2D eigenvalue weighted by atomic mass is 35.5. The molecule has 41 heavy (non-hydrogen) atoms. The number of amides is 1. The Balaban J connectivity index is 1.77. The number of likely N-dealkylation sites (N-methyl/N-ethyl adjacent to an activating group) is 2. The number of aromatic nitrogens is 3. The van der Waals surface area contributed by atoms with Crippen molar-refractivity contribution in [1.29, 1.82) is 0 Å². The summed E-state index contributed by atoms with van der Waals surface area (Å²) in [4.78, 5) is 28.4. The molecular weight excluding hydrogens is 552 g/mol. The minimum absolute atomic E-state index is 0.0892. The number of H-pyrrole nitrogens is 1. The highest BCUT2D eigenvalue weighted by Crippen LogP contribution is 2.39. The highest BCUT2D eigenvalue weighted by Gasteiger charge is 2.20. The van der Waals surface area contributed by atoms with E-state index in [1.54, 1.807) is 13.2 Å². The zero-order valence-electron chi connectivity index (χ0n) is 22.8. The lowest BCUT2D eigenvalue weighted by Crippen LogP contribution is -2.29. The molecule has 4 aromatic rings. The molecule has 0 aliphatic carbocycles. The van der Waals surface area contributed by atoms with Crippen molar-refractivity contribution in [2.24, 2.45) is 0 Å². The zero-order chi connectivity index (χ0) is 29.5. The number of rotatable bonds is 12. The van der Waals surface area contributed by atoms with Crippen molar-refractivity contribution in [1.82, 2.24) is 19.9 Å². The van der Waals surface area contributed by atoms with Crippen molar-refractivity contribution < 1.29 is 18.3 Å². The number of benzene rings is 2. The molecule has 214 valence electrons. The Morgan fingerprint density at radius 1 is 1.20 bits per heavy atom. The number of carbonyl (C=O) groups excluding carboxylic acids is 1. The van der Waals surface area contributed by atoms with Crippen molar-refractivity contribution in [3.8, 4) is 17.0 Å². The zero-order valence-corrected chi connectivity index (χ0v) is 23.5. The van der Waals surface area contributed by atoms with E-state index in [0.717, 1.165) is 16.5 Å². The molecule has 4 rings (SSSR count). The van der Waals surface area contributed by atoms with Gasteiger partial charge in [0.05, 0.1) is 34.0 Å². The second-order valence-electron chi connectivity index (χ2n) is 9.32. The molecule has 1 amide bonds. The number of nitrogens with zero attached hydrogens (tertiary/aromatic N) is 4. The molecule has 0 bridgehead atoms. The van der Waals surface area contributed by atoms with E-state index in [0.29, 0.717) is 35.2 Å². The average molecular weight is 582 g/mol. The first kappa shape index (κ1) is 29.5. The molecule has 0 saturated heterocycles. The van der Waals surface area contributed by atoms with E-state index in [1.807, 2.05) is 48.2 Å². The van der Waals surface area contributed by atoms with Crippen LogP contribution in [0.2, 0.25) is 5.02 Å². The van der Waals surface area contributed by atoms with Crippen molar-refractivity contribution in [3.63, 3.8) is 0 Å². The third-order valence-electron chi connectivity index (χ3n) is 6.08. The summed E-state index contributed by atoms with van der Waals surface area (Å²) < 4.78 is 31.9. The molecule has 0 fully saturated rings. The number of carbonyl (C=O) groups is 1. The van der Waals surface area contributed by atoms with Gasteiger partial charge in [0.25, 0.3) is 0 Å². The van der Waals surface area contributed by atoms with Gasteiger partial charge in [0, 0.05) is 54.9 Å². The Morgan fingerprint density at radius 3 is 2.71 bits per heavy atom. The van der Waals surface area contributed by atoms with E-state index in [4.69, 9.17) is 16.3 Å². The number of fused-ring (bicyclic) bond motifs is 1. The third-order valence-corrected chi connectivity index (χ3v) is 6.36. The molecule has 0 aliphatic heterocycles. The van der Waals surface area contributed by atoms with Crippen molar-refractivity contribution >= 4 is 51.4 Å². The van der Waals surface area contributed by atoms with Crippen LogP contribution in [0.25, 0.3) is 22.2 Å². The number of alkyl halides is 2. The molecule has 12 heteroatoms. The Morgan fingerprint density at radius 2 is 1.98 bits per heavy atom. The molecule has 2 heterocycles. The summed E-state index contributed by atoms with van der Waals surface area (Å²) in [6.07, 6.45) is 7.49. The first-order chi connectivity index (χ1) is 19.7. The van der Waals surface area contributed by atoms with Crippen LogP contribution in [-0.2, 0) is 4.79 Å². The predicted octanol–water partition coefficient (Wildman–Crippen LogP) is 6.30. The van der Waals surface area contributed by atoms with Crippen LogP contribution in [0.3, 0.4) is 0 Å². The molecule has 0 aliphatic rings. The number of anilines is 4. The largest absolute Gasteiger partial charge is 0.433 e. The van der Waals surface area contributed by atoms with Gasteiger partial charge in [-0.2, -0.15) is 8.78 Å². The number of hydrogen-bond acceptors (Lipinski definition) is 7. The van der Waals surface area contributed by atoms with Gasteiger partial charge in [-0.15, -0.1) is 0 Å². The van der Waals surface area contributed by atoms with E-state index in [9.17, 15) is 13.6 Å². The van der Waals surface area contributed by atoms with Crippen LogP contribution < -0.4 is 20.3 Å². The summed E-state index contributed by atoms with van der Waals surface area (Å²) in [7, 11) is 5.64. The van der Waals surface area contributed by atoms with Gasteiger partial charge < -0.3 is 30.2 Å². The first-order valence-corrected chi connectivity index (χ1v) is 13.0. The summed E-state index contributed by atoms with van der Waals surface area (Å²) in [6.45, 7) is 1.70. The average Bonchev–Trinajstić information content (AvgIpc) is 3.36. The molecule has 2 aromatic heterocycles. The van der Waals surface area contributed by atoms with Crippen molar-refractivity contribution in [2.45, 2.75) is 6.61 Å². The van der Waals surface area contributed by atoms with Gasteiger partial charge in [-0.3, -0.25) is 4.79 Å². The summed E-state index contributed by atoms with van der Waals surface area (Å²) in [6, 6.07) is 10.6. The van der Waals surface area contributed by atoms with Crippen LogP contribution in [0.1, 0.15) is 0 Å². The maximum atomic E-state index is 13.5. The van der Waals surface area contributed by atoms with Crippen molar-refractivity contribution in [3.05, 3.63) is 78.6 Å². The standard InChI is InChI=1S/C29H30ClF2N7O2/c1-5-6-11-26(40)35-22-14-23(25(41-28(31)32)15-24(22)39(4)13-12-38(2)3)36-29-34-17-20(30)27(37-29)19-16-33-21-10-8-7-9-18(19)21/h5-11,14-17,28,33H,1,12-13H2,2-4H3,(H,35,40)(H,34,36,37)/b11-6+. The van der Waals surface area contributed by atoms with Crippen LogP contribution in [-0.4, -0.2) is 66.6 Å². The van der Waals surface area contributed by atoms with Gasteiger partial charge in [0.2, 0.25) is 11.9 Å². The number of hydrogen-bond donors (Lipinski definition) is 3. The second-order valence-corrected chi connectivity index (χ2v) is 9.72. The smallest absolute Gasteiger partial charge is 0.387 e. The van der Waals surface area contributed by atoms with E-state index >= 15 is 0 Å². The lowest BCUT2D eigenvalue weighted by atomic mass is 10.1. The molecule has 0 spiro atoms. The van der Waals surface area contributed by atoms with Crippen LogP contribution >= 0.6 is 11.6 Å². The lowest BCUT2D eigenvalue weighted by molar-refractivity contribution is -0.111. The SMILES string of the molecule is C=C/C=C/C(=O)Nc1cc(Nc2ncc(Cl)c(-c3c[nH]c4ccccc34)n2)c(OC(F)F)cc1N(C)CCN(C)C. The number of para-hydroxylation sites is 1. The number of allylic oxidation sites excluding steroid dienone is 2. The molecule has 0 radical (unpaired) electrons. The van der Waals surface area contributed by atoms with Crippen LogP contribution in [0.5, 0.6) is 5.75 Å². The third kappa shape index (κ3) is 7.38.